The van der Waals surface area contributed by atoms with Crippen LogP contribution in [-0.4, -0.2) is 41.1 Å². The fourth-order valence-electron chi connectivity index (χ4n) is 4.34. The van der Waals surface area contributed by atoms with Crippen LogP contribution in [0.5, 0.6) is 5.75 Å². The smallest absolute Gasteiger partial charge is 0.251 e. The van der Waals surface area contributed by atoms with Gasteiger partial charge in [-0.3, -0.25) is 14.5 Å². The maximum atomic E-state index is 15.2. The van der Waals surface area contributed by atoms with E-state index in [9.17, 15) is 14.7 Å². The van der Waals surface area contributed by atoms with Crippen LogP contribution in [0.25, 0.3) is 0 Å². The molecule has 2 amide bonds. The summed E-state index contributed by atoms with van der Waals surface area (Å²) >= 11 is 5.89. The Morgan fingerprint density at radius 2 is 1.83 bits per heavy atom. The number of anilines is 1. The topological polar surface area (TPSA) is 91.8 Å². The lowest BCUT2D eigenvalue weighted by Gasteiger charge is -2.25. The number of hydrogen-bond acceptors (Lipinski definition) is 5. The molecule has 0 spiro atoms. The summed E-state index contributed by atoms with van der Waals surface area (Å²) < 4.78 is 35.2. The van der Waals surface area contributed by atoms with Gasteiger partial charge in [-0.1, -0.05) is 17.7 Å². The van der Waals surface area contributed by atoms with Gasteiger partial charge >= 0.3 is 0 Å². The zero-order valence-corrected chi connectivity index (χ0v) is 19.6. The quantitative estimate of drug-likeness (QED) is 0.535. The summed E-state index contributed by atoms with van der Waals surface area (Å²) in [5, 5.41) is 12.5. The van der Waals surface area contributed by atoms with E-state index < -0.39 is 41.5 Å². The molecule has 2 N–H and O–H groups in total. The van der Waals surface area contributed by atoms with Crippen LogP contribution < -0.4 is 15.0 Å². The molecule has 182 valence electrons. The SMILES string of the molecule is COc1cc(F)c([C@H]2[C@H](NC(=O)c3ccc(Cl)cc3)C(=O)N(c3cccc(CO)n3)[C@@H]2C)c(F)c1. The summed E-state index contributed by atoms with van der Waals surface area (Å²) in [4.78, 5) is 32.1. The maximum absolute atomic E-state index is 15.2. The van der Waals surface area contributed by atoms with Gasteiger partial charge in [0.15, 0.2) is 0 Å². The van der Waals surface area contributed by atoms with Gasteiger partial charge < -0.3 is 15.2 Å². The molecule has 0 saturated carbocycles. The van der Waals surface area contributed by atoms with E-state index in [0.717, 1.165) is 12.1 Å². The summed E-state index contributed by atoms with van der Waals surface area (Å²) in [5.74, 6) is -3.93. The number of nitrogens with zero attached hydrogens (tertiary/aromatic N) is 2. The number of amides is 2. The number of carbonyl (C=O) groups excluding carboxylic acids is 2. The van der Waals surface area contributed by atoms with Gasteiger partial charge in [-0.05, 0) is 43.3 Å². The summed E-state index contributed by atoms with van der Waals surface area (Å²) in [5.41, 5.74) is 0.187. The Labute approximate surface area is 205 Å². The number of benzene rings is 2. The van der Waals surface area contributed by atoms with E-state index >= 15 is 8.78 Å². The molecule has 4 rings (SSSR count). The van der Waals surface area contributed by atoms with E-state index in [-0.39, 0.29) is 29.3 Å². The molecule has 1 aliphatic rings. The summed E-state index contributed by atoms with van der Waals surface area (Å²) in [6, 6.07) is 10.7. The van der Waals surface area contributed by atoms with Crippen LogP contribution >= 0.6 is 11.6 Å². The molecule has 35 heavy (non-hydrogen) atoms. The number of ether oxygens (including phenoxy) is 1. The van der Waals surface area contributed by atoms with Crippen LogP contribution in [0.15, 0.2) is 54.6 Å². The van der Waals surface area contributed by atoms with Crippen LogP contribution in [-0.2, 0) is 11.4 Å². The third-order valence-corrected chi connectivity index (χ3v) is 6.26. The highest BCUT2D eigenvalue weighted by molar-refractivity contribution is 6.30. The van der Waals surface area contributed by atoms with Crippen molar-refractivity contribution in [1.82, 2.24) is 10.3 Å². The van der Waals surface area contributed by atoms with Crippen LogP contribution in [0.4, 0.5) is 14.6 Å². The average Bonchev–Trinajstić information content (AvgIpc) is 3.08. The Hall–Kier alpha value is -3.56. The Kier molecular flexibility index (Phi) is 7.00. The Balaban J connectivity index is 1.79. The largest absolute Gasteiger partial charge is 0.497 e. The third-order valence-electron chi connectivity index (χ3n) is 6.01. The van der Waals surface area contributed by atoms with Gasteiger partial charge in [-0.2, -0.15) is 0 Å². The first-order chi connectivity index (χ1) is 16.7. The Morgan fingerprint density at radius 3 is 2.43 bits per heavy atom. The van der Waals surface area contributed by atoms with E-state index in [1.165, 1.54) is 36.3 Å². The molecular weight excluding hydrogens is 480 g/mol. The van der Waals surface area contributed by atoms with E-state index in [4.69, 9.17) is 16.3 Å². The minimum Gasteiger partial charge on any atom is -0.497 e. The van der Waals surface area contributed by atoms with Crippen LogP contribution in [0, 0.1) is 11.6 Å². The van der Waals surface area contributed by atoms with E-state index in [2.05, 4.69) is 10.3 Å². The maximum Gasteiger partial charge on any atom is 0.251 e. The lowest BCUT2D eigenvalue weighted by atomic mass is 9.87. The molecule has 0 bridgehead atoms. The number of carbonyl (C=O) groups is 2. The van der Waals surface area contributed by atoms with Crippen LogP contribution in [0.1, 0.15) is 34.5 Å². The first kappa shape index (κ1) is 24.6. The standard InChI is InChI=1S/C25H22ClF2N3O4/c1-13-21(22-18(27)10-17(35-2)11-19(22)28)23(30-24(33)14-6-8-15(26)9-7-14)25(34)31(13)20-5-3-4-16(12-32)29-20/h3-11,13,21,23,32H,12H2,1-2H3,(H,30,33)/t13-,21+,23+/m1/s1. The predicted molar refractivity (Wildman–Crippen MR) is 125 cm³/mol. The summed E-state index contributed by atoms with van der Waals surface area (Å²) in [6.07, 6.45) is 0. The van der Waals surface area contributed by atoms with E-state index in [1.54, 1.807) is 25.1 Å². The van der Waals surface area contributed by atoms with Crippen molar-refractivity contribution in [2.24, 2.45) is 0 Å². The molecule has 2 aromatic carbocycles. The van der Waals surface area contributed by atoms with Crippen molar-refractivity contribution in [3.63, 3.8) is 0 Å². The second-order valence-corrected chi connectivity index (χ2v) is 8.52. The number of aliphatic hydroxyl groups is 1. The molecule has 0 aliphatic carbocycles. The molecule has 10 heteroatoms. The number of aromatic nitrogens is 1. The molecule has 3 aromatic rings. The Morgan fingerprint density at radius 1 is 1.17 bits per heavy atom. The van der Waals surface area contributed by atoms with Crippen LogP contribution in [0.2, 0.25) is 5.02 Å². The zero-order valence-electron chi connectivity index (χ0n) is 18.8. The highest BCUT2D eigenvalue weighted by atomic mass is 35.5. The van der Waals surface area contributed by atoms with Gasteiger partial charge in [0.2, 0.25) is 0 Å². The number of methoxy groups -OCH3 is 1. The highest BCUT2D eigenvalue weighted by Crippen LogP contribution is 2.40. The lowest BCUT2D eigenvalue weighted by molar-refractivity contribution is -0.118. The minimum atomic E-state index is -1.30. The molecule has 0 radical (unpaired) electrons. The molecule has 2 heterocycles. The predicted octanol–water partition coefficient (Wildman–Crippen LogP) is 3.83. The van der Waals surface area contributed by atoms with E-state index in [1.807, 2.05) is 0 Å². The molecule has 7 nitrogen and oxygen atoms in total. The molecule has 1 aliphatic heterocycles. The normalized spacial score (nSPS) is 19.7. The third kappa shape index (κ3) is 4.69. The van der Waals surface area contributed by atoms with Crippen molar-refractivity contribution in [2.75, 3.05) is 12.0 Å². The number of pyridine rings is 1. The fraction of sp³-hybridized carbons (Fsp3) is 0.240. The summed E-state index contributed by atoms with van der Waals surface area (Å²) in [6.45, 7) is 1.26. The molecule has 1 fully saturated rings. The number of nitrogens with one attached hydrogen (secondary N) is 1. The number of halogens is 3. The minimum absolute atomic E-state index is 0.0170. The number of aliphatic hydroxyl groups excluding tert-OH is 1. The second kappa shape index (κ2) is 9.97. The lowest BCUT2D eigenvalue weighted by Crippen LogP contribution is -2.44. The first-order valence-electron chi connectivity index (χ1n) is 10.7. The second-order valence-electron chi connectivity index (χ2n) is 8.08. The van der Waals surface area contributed by atoms with Crippen molar-refractivity contribution in [2.45, 2.75) is 31.5 Å². The molecular formula is C25H22ClF2N3O4. The van der Waals surface area contributed by atoms with Gasteiger partial charge in [-0.15, -0.1) is 0 Å². The van der Waals surface area contributed by atoms with Gasteiger partial charge in [0, 0.05) is 40.2 Å². The van der Waals surface area contributed by atoms with Gasteiger partial charge in [-0.25, -0.2) is 13.8 Å². The van der Waals surface area contributed by atoms with Crippen molar-refractivity contribution >= 4 is 29.2 Å². The van der Waals surface area contributed by atoms with Gasteiger partial charge in [0.25, 0.3) is 11.8 Å². The van der Waals surface area contributed by atoms with Crippen molar-refractivity contribution in [3.8, 4) is 5.75 Å². The van der Waals surface area contributed by atoms with Gasteiger partial charge in [0.05, 0.1) is 19.4 Å². The van der Waals surface area contributed by atoms with Crippen molar-refractivity contribution in [3.05, 3.63) is 88.1 Å². The van der Waals surface area contributed by atoms with Crippen molar-refractivity contribution in [1.29, 1.82) is 0 Å². The summed E-state index contributed by atoms with van der Waals surface area (Å²) in [7, 11) is 1.28. The molecule has 0 unspecified atom stereocenters. The Bertz CT molecular complexity index is 1250. The van der Waals surface area contributed by atoms with Crippen LogP contribution in [0.3, 0.4) is 0 Å². The fourth-order valence-corrected chi connectivity index (χ4v) is 4.46. The molecule has 1 saturated heterocycles. The zero-order chi connectivity index (χ0) is 25.3. The van der Waals surface area contributed by atoms with Crippen molar-refractivity contribution < 1.29 is 28.2 Å². The number of rotatable bonds is 6. The average molecular weight is 502 g/mol. The highest BCUT2D eigenvalue weighted by Gasteiger charge is 2.50. The first-order valence-corrected chi connectivity index (χ1v) is 11.1. The monoisotopic (exact) mass is 501 g/mol. The molecule has 3 atom stereocenters. The number of hydrogen-bond donors (Lipinski definition) is 2. The molecule has 1 aromatic heterocycles. The van der Waals surface area contributed by atoms with Gasteiger partial charge in [0.1, 0.15) is 29.2 Å². The van der Waals surface area contributed by atoms with E-state index in [0.29, 0.717) is 10.7 Å².